The van der Waals surface area contributed by atoms with Crippen LogP contribution in [-0.2, 0) is 6.54 Å². The number of furan rings is 1. The highest BCUT2D eigenvalue weighted by atomic mass is 16.3. The lowest BCUT2D eigenvalue weighted by atomic mass is 10.1. The maximum Gasteiger partial charge on any atom is 0.291 e. The second kappa shape index (κ2) is 8.68. The molecule has 1 aromatic heterocycles. The van der Waals surface area contributed by atoms with E-state index < -0.39 is 0 Å². The smallest absolute Gasteiger partial charge is 0.291 e. The first-order chi connectivity index (χ1) is 13.6. The molecule has 1 heterocycles. The summed E-state index contributed by atoms with van der Waals surface area (Å²) in [5, 5.41) is 8.07. The molecule has 142 valence electrons. The Morgan fingerprint density at radius 2 is 1.46 bits per heavy atom. The summed E-state index contributed by atoms with van der Waals surface area (Å²) in [5.74, 6) is -0.541. The Morgan fingerprint density at radius 1 is 0.821 bits per heavy atom. The molecule has 0 unspecified atom stereocenters. The van der Waals surface area contributed by atoms with Crippen molar-refractivity contribution in [3.8, 4) is 0 Å². The minimum Gasteiger partial charge on any atom is -0.459 e. The maximum atomic E-state index is 12.3. The van der Waals surface area contributed by atoms with Gasteiger partial charge in [0, 0.05) is 30.4 Å². The quantitative estimate of drug-likeness (QED) is 0.615. The van der Waals surface area contributed by atoms with Crippen molar-refractivity contribution < 1.29 is 18.8 Å². The van der Waals surface area contributed by atoms with Crippen molar-refractivity contribution >= 4 is 23.4 Å². The molecule has 3 aromatic rings. The summed E-state index contributed by atoms with van der Waals surface area (Å²) < 4.78 is 5.03. The number of amides is 3. The van der Waals surface area contributed by atoms with E-state index in [0.717, 1.165) is 5.56 Å². The van der Waals surface area contributed by atoms with Gasteiger partial charge in [0.2, 0.25) is 0 Å². The first-order valence-electron chi connectivity index (χ1n) is 8.61. The average Bonchev–Trinajstić information content (AvgIpc) is 3.27. The van der Waals surface area contributed by atoms with Crippen LogP contribution in [0.15, 0.2) is 71.3 Å². The Bertz CT molecular complexity index is 962. The van der Waals surface area contributed by atoms with E-state index >= 15 is 0 Å². The first kappa shape index (κ1) is 18.9. The van der Waals surface area contributed by atoms with Crippen LogP contribution in [0.4, 0.5) is 5.69 Å². The monoisotopic (exact) mass is 377 g/mol. The van der Waals surface area contributed by atoms with Crippen molar-refractivity contribution in [2.45, 2.75) is 6.54 Å². The van der Waals surface area contributed by atoms with Gasteiger partial charge in [0.1, 0.15) is 0 Å². The fraction of sp³-hybridized carbons (Fsp3) is 0.0952. The predicted molar refractivity (Wildman–Crippen MR) is 104 cm³/mol. The SMILES string of the molecule is CNC(=O)c1ccc(CNC(=O)c2ccc(NC(=O)c3ccco3)cc2)cc1. The molecule has 0 aliphatic carbocycles. The van der Waals surface area contributed by atoms with Crippen LogP contribution in [0.25, 0.3) is 0 Å². The Labute approximate surface area is 161 Å². The summed E-state index contributed by atoms with van der Waals surface area (Å²) in [6.45, 7) is 0.337. The van der Waals surface area contributed by atoms with Gasteiger partial charge < -0.3 is 20.4 Å². The molecule has 0 atom stereocenters. The molecular formula is C21H19N3O4. The molecule has 7 heteroatoms. The Morgan fingerprint density at radius 3 is 2.07 bits per heavy atom. The zero-order valence-electron chi connectivity index (χ0n) is 15.2. The van der Waals surface area contributed by atoms with Crippen molar-refractivity contribution in [2.75, 3.05) is 12.4 Å². The highest BCUT2D eigenvalue weighted by molar-refractivity contribution is 6.02. The highest BCUT2D eigenvalue weighted by Gasteiger charge is 2.10. The lowest BCUT2D eigenvalue weighted by Crippen LogP contribution is -2.23. The van der Waals surface area contributed by atoms with Crippen molar-refractivity contribution in [1.29, 1.82) is 0 Å². The molecule has 0 fully saturated rings. The number of carbonyl (C=O) groups excluding carboxylic acids is 3. The second-order valence-corrected chi connectivity index (χ2v) is 5.97. The highest BCUT2D eigenvalue weighted by Crippen LogP contribution is 2.12. The van der Waals surface area contributed by atoms with Crippen LogP contribution in [0.5, 0.6) is 0 Å². The van der Waals surface area contributed by atoms with Gasteiger partial charge in [-0.05, 0) is 54.1 Å². The van der Waals surface area contributed by atoms with Crippen LogP contribution < -0.4 is 16.0 Å². The third-order valence-corrected chi connectivity index (χ3v) is 4.05. The van der Waals surface area contributed by atoms with Gasteiger partial charge in [-0.15, -0.1) is 0 Å². The molecule has 3 N–H and O–H groups in total. The lowest BCUT2D eigenvalue weighted by molar-refractivity contribution is 0.0946. The van der Waals surface area contributed by atoms with Crippen molar-refractivity contribution in [3.05, 3.63) is 89.4 Å². The van der Waals surface area contributed by atoms with Crippen LogP contribution in [0.1, 0.15) is 36.8 Å². The van der Waals surface area contributed by atoms with Crippen molar-refractivity contribution in [2.24, 2.45) is 0 Å². The van der Waals surface area contributed by atoms with Crippen molar-refractivity contribution in [3.63, 3.8) is 0 Å². The van der Waals surface area contributed by atoms with E-state index in [-0.39, 0.29) is 23.5 Å². The molecule has 0 saturated carbocycles. The second-order valence-electron chi connectivity index (χ2n) is 5.97. The molecule has 3 amide bonds. The van der Waals surface area contributed by atoms with Gasteiger partial charge in [-0.25, -0.2) is 0 Å². The number of anilines is 1. The van der Waals surface area contributed by atoms with Gasteiger partial charge in [0.15, 0.2) is 5.76 Å². The summed E-state index contributed by atoms with van der Waals surface area (Å²) in [5.41, 5.74) is 2.47. The molecule has 0 spiro atoms. The number of carbonyl (C=O) groups is 3. The van der Waals surface area contributed by atoms with Crippen LogP contribution in [0.2, 0.25) is 0 Å². The summed E-state index contributed by atoms with van der Waals surface area (Å²) >= 11 is 0. The fourth-order valence-electron chi connectivity index (χ4n) is 2.51. The van der Waals surface area contributed by atoms with Gasteiger partial charge in [0.25, 0.3) is 17.7 Å². The Balaban J connectivity index is 1.54. The van der Waals surface area contributed by atoms with E-state index in [9.17, 15) is 14.4 Å². The van der Waals surface area contributed by atoms with Crippen LogP contribution in [0.3, 0.4) is 0 Å². The minimum atomic E-state index is -0.359. The summed E-state index contributed by atoms with van der Waals surface area (Å²) in [6, 6.07) is 16.7. The standard InChI is InChI=1S/C21H19N3O4/c1-22-19(25)15-6-4-14(5-7-15)13-23-20(26)16-8-10-17(11-9-16)24-21(27)18-3-2-12-28-18/h2-12H,13H2,1H3,(H,22,25)(H,23,26)(H,24,27). The van der Waals surface area contributed by atoms with E-state index in [4.69, 9.17) is 4.42 Å². The predicted octanol–water partition coefficient (Wildman–Crippen LogP) is 2.82. The summed E-state index contributed by atoms with van der Waals surface area (Å²) in [7, 11) is 1.57. The molecule has 0 aliphatic rings. The van der Waals surface area contributed by atoms with E-state index in [1.165, 1.54) is 6.26 Å². The number of hydrogen-bond acceptors (Lipinski definition) is 4. The van der Waals surface area contributed by atoms with E-state index in [2.05, 4.69) is 16.0 Å². The van der Waals surface area contributed by atoms with Gasteiger partial charge in [-0.2, -0.15) is 0 Å². The van der Waals surface area contributed by atoms with Crippen LogP contribution in [-0.4, -0.2) is 24.8 Å². The number of hydrogen-bond donors (Lipinski definition) is 3. The molecule has 0 bridgehead atoms. The maximum absolute atomic E-state index is 12.3. The summed E-state index contributed by atoms with van der Waals surface area (Å²) in [4.78, 5) is 35.7. The van der Waals surface area contributed by atoms with Gasteiger partial charge in [-0.1, -0.05) is 12.1 Å². The van der Waals surface area contributed by atoms with E-state index in [1.807, 2.05) is 0 Å². The van der Waals surface area contributed by atoms with Gasteiger partial charge >= 0.3 is 0 Å². The third-order valence-electron chi connectivity index (χ3n) is 4.05. The van der Waals surface area contributed by atoms with Gasteiger partial charge in [0.05, 0.1) is 6.26 Å². The van der Waals surface area contributed by atoms with E-state index in [1.54, 1.807) is 67.7 Å². The molecule has 0 aliphatic heterocycles. The molecule has 7 nitrogen and oxygen atoms in total. The van der Waals surface area contributed by atoms with E-state index in [0.29, 0.717) is 23.4 Å². The van der Waals surface area contributed by atoms with Gasteiger partial charge in [-0.3, -0.25) is 14.4 Å². The molecule has 3 rings (SSSR count). The molecular weight excluding hydrogens is 358 g/mol. The lowest BCUT2D eigenvalue weighted by Gasteiger charge is -2.08. The molecule has 0 radical (unpaired) electrons. The third kappa shape index (κ3) is 4.64. The van der Waals surface area contributed by atoms with Crippen LogP contribution in [0, 0.1) is 0 Å². The minimum absolute atomic E-state index is 0.158. The fourth-order valence-corrected chi connectivity index (χ4v) is 2.51. The number of benzene rings is 2. The summed E-state index contributed by atoms with van der Waals surface area (Å²) in [6.07, 6.45) is 1.43. The normalized spacial score (nSPS) is 10.2. The number of rotatable bonds is 6. The average molecular weight is 377 g/mol. The zero-order valence-corrected chi connectivity index (χ0v) is 15.2. The molecule has 2 aromatic carbocycles. The van der Waals surface area contributed by atoms with Crippen LogP contribution >= 0.6 is 0 Å². The first-order valence-corrected chi connectivity index (χ1v) is 8.61. The topological polar surface area (TPSA) is 100 Å². The Hall–Kier alpha value is -3.87. The molecule has 0 saturated heterocycles. The Kier molecular flexibility index (Phi) is 5.86. The largest absolute Gasteiger partial charge is 0.459 e. The molecule has 28 heavy (non-hydrogen) atoms. The van der Waals surface area contributed by atoms with Crippen molar-refractivity contribution in [1.82, 2.24) is 10.6 Å². The number of nitrogens with one attached hydrogen (secondary N) is 3. The zero-order chi connectivity index (χ0) is 19.9.